The van der Waals surface area contributed by atoms with E-state index in [0.717, 1.165) is 0 Å². The van der Waals surface area contributed by atoms with Crippen LogP contribution in [0.2, 0.25) is 0 Å². The van der Waals surface area contributed by atoms with Crippen molar-refractivity contribution in [3.8, 4) is 0 Å². The molecule has 0 amide bonds. The maximum Gasteiger partial charge on any atom is 0.498 e. The molecule has 6 heteroatoms. The second-order valence-corrected chi connectivity index (χ2v) is 5.08. The first kappa shape index (κ1) is 12.2. The number of carbonyl (C=O) groups is 1. The van der Waals surface area contributed by atoms with Crippen molar-refractivity contribution in [2.75, 3.05) is 0 Å². The number of hydrogen-bond acceptors (Lipinski definition) is 5. The van der Waals surface area contributed by atoms with Crippen molar-refractivity contribution in [2.45, 2.75) is 38.9 Å². The second kappa shape index (κ2) is 3.89. The van der Waals surface area contributed by atoms with Crippen LogP contribution < -0.4 is 5.46 Å². The van der Waals surface area contributed by atoms with Gasteiger partial charge in [0, 0.05) is 17.9 Å². The predicted octanol–water partition coefficient (Wildman–Crippen LogP) is 0.588. The summed E-state index contributed by atoms with van der Waals surface area (Å²) in [6.45, 7) is 7.92. The fourth-order valence-electron chi connectivity index (χ4n) is 1.51. The molecule has 17 heavy (non-hydrogen) atoms. The maximum absolute atomic E-state index is 10.5. The molecule has 0 saturated carbocycles. The monoisotopic (exact) mass is 234 g/mol. The summed E-state index contributed by atoms with van der Waals surface area (Å²) in [5.41, 5.74) is -0.0589. The minimum Gasteiger partial charge on any atom is -0.399 e. The van der Waals surface area contributed by atoms with Gasteiger partial charge in [-0.15, -0.1) is 0 Å². The van der Waals surface area contributed by atoms with Gasteiger partial charge in [0.15, 0.2) is 12.1 Å². The molecule has 1 aromatic rings. The van der Waals surface area contributed by atoms with E-state index >= 15 is 0 Å². The summed E-state index contributed by atoms with van der Waals surface area (Å²) < 4.78 is 11.7. The Balaban J connectivity index is 2.22. The van der Waals surface area contributed by atoms with Gasteiger partial charge in [0.05, 0.1) is 11.2 Å². The smallest absolute Gasteiger partial charge is 0.399 e. The van der Waals surface area contributed by atoms with Crippen LogP contribution in [0.5, 0.6) is 0 Å². The first-order chi connectivity index (χ1) is 7.86. The van der Waals surface area contributed by atoms with Gasteiger partial charge in [-0.25, -0.2) is 9.97 Å². The molecule has 0 atom stereocenters. The quantitative estimate of drug-likeness (QED) is 0.553. The Bertz CT molecular complexity index is 415. The number of hydrogen-bond donors (Lipinski definition) is 0. The minimum atomic E-state index is -0.485. The topological polar surface area (TPSA) is 61.3 Å². The molecular formula is C11H15BN2O3. The number of nitrogens with zero attached hydrogens (tertiary/aromatic N) is 2. The van der Waals surface area contributed by atoms with E-state index in [1.165, 1.54) is 0 Å². The highest BCUT2D eigenvalue weighted by atomic mass is 16.7. The standard InChI is InChI=1S/C11H15BN2O3/c1-10(2)11(3,4)17-12(16-10)8-5-13-9(7-15)14-6-8/h5-7H,1-4H3. The third kappa shape index (κ3) is 2.10. The van der Waals surface area contributed by atoms with Crippen LogP contribution in [-0.2, 0) is 9.31 Å². The second-order valence-electron chi connectivity index (χ2n) is 5.08. The van der Waals surface area contributed by atoms with Crippen molar-refractivity contribution in [2.24, 2.45) is 0 Å². The average Bonchev–Trinajstić information content (AvgIpc) is 2.48. The third-order valence-electron chi connectivity index (χ3n) is 3.32. The SMILES string of the molecule is CC1(C)OB(c2cnc(C=O)nc2)OC1(C)C. The highest BCUT2D eigenvalue weighted by Crippen LogP contribution is 2.36. The molecule has 0 spiro atoms. The molecule has 2 rings (SSSR count). The van der Waals surface area contributed by atoms with Crippen LogP contribution in [0.1, 0.15) is 38.3 Å². The number of aromatic nitrogens is 2. The predicted molar refractivity (Wildman–Crippen MR) is 63.1 cm³/mol. The average molecular weight is 234 g/mol. The van der Waals surface area contributed by atoms with Gasteiger partial charge in [-0.05, 0) is 27.7 Å². The fraction of sp³-hybridized carbons (Fsp3) is 0.545. The summed E-state index contributed by atoms with van der Waals surface area (Å²) in [7, 11) is -0.485. The van der Waals surface area contributed by atoms with Gasteiger partial charge in [-0.1, -0.05) is 0 Å². The van der Waals surface area contributed by atoms with E-state index < -0.39 is 7.12 Å². The summed E-state index contributed by atoms with van der Waals surface area (Å²) in [5, 5.41) is 0. The van der Waals surface area contributed by atoms with E-state index in [-0.39, 0.29) is 17.0 Å². The molecule has 1 aliphatic heterocycles. The van der Waals surface area contributed by atoms with Crippen molar-refractivity contribution in [3.63, 3.8) is 0 Å². The summed E-state index contributed by atoms with van der Waals surface area (Å²) in [5.74, 6) is 0.158. The Morgan fingerprint density at radius 2 is 1.59 bits per heavy atom. The van der Waals surface area contributed by atoms with Crippen LogP contribution in [0.25, 0.3) is 0 Å². The maximum atomic E-state index is 10.5. The molecule has 0 bridgehead atoms. The van der Waals surface area contributed by atoms with Crippen LogP contribution in [0.4, 0.5) is 0 Å². The van der Waals surface area contributed by atoms with Crippen LogP contribution in [0.3, 0.4) is 0 Å². The van der Waals surface area contributed by atoms with E-state index in [2.05, 4.69) is 9.97 Å². The summed E-state index contributed by atoms with van der Waals surface area (Å²) in [6, 6.07) is 0. The number of carbonyl (C=O) groups excluding carboxylic acids is 1. The zero-order valence-electron chi connectivity index (χ0n) is 10.4. The first-order valence-corrected chi connectivity index (χ1v) is 5.48. The largest absolute Gasteiger partial charge is 0.498 e. The fourth-order valence-corrected chi connectivity index (χ4v) is 1.51. The van der Waals surface area contributed by atoms with Crippen LogP contribution in [-0.4, -0.2) is 34.6 Å². The van der Waals surface area contributed by atoms with Gasteiger partial charge in [0.25, 0.3) is 0 Å². The molecule has 1 fully saturated rings. The third-order valence-corrected chi connectivity index (χ3v) is 3.32. The molecule has 1 saturated heterocycles. The van der Waals surface area contributed by atoms with E-state index in [9.17, 15) is 4.79 Å². The van der Waals surface area contributed by atoms with Crippen molar-refractivity contribution < 1.29 is 14.1 Å². The Labute approximate surface area is 101 Å². The van der Waals surface area contributed by atoms with E-state index in [0.29, 0.717) is 11.7 Å². The summed E-state index contributed by atoms with van der Waals surface area (Å²) in [6.07, 6.45) is 3.71. The molecule has 0 unspecified atom stereocenters. The Kier molecular flexibility index (Phi) is 2.79. The highest BCUT2D eigenvalue weighted by Gasteiger charge is 2.51. The van der Waals surface area contributed by atoms with E-state index in [1.54, 1.807) is 12.4 Å². The molecule has 0 N–H and O–H groups in total. The lowest BCUT2D eigenvalue weighted by molar-refractivity contribution is 0.00578. The van der Waals surface area contributed by atoms with Crippen LogP contribution in [0, 0.1) is 0 Å². The van der Waals surface area contributed by atoms with Crippen molar-refractivity contribution in [3.05, 3.63) is 18.2 Å². The Morgan fingerprint density at radius 3 is 2.00 bits per heavy atom. The van der Waals surface area contributed by atoms with Gasteiger partial charge in [0.2, 0.25) is 0 Å². The van der Waals surface area contributed by atoms with Gasteiger partial charge in [-0.2, -0.15) is 0 Å². The van der Waals surface area contributed by atoms with Crippen LogP contribution >= 0.6 is 0 Å². The van der Waals surface area contributed by atoms with Gasteiger partial charge in [-0.3, -0.25) is 4.79 Å². The molecule has 1 aromatic heterocycles. The van der Waals surface area contributed by atoms with Crippen molar-refractivity contribution >= 4 is 18.9 Å². The lowest BCUT2D eigenvalue weighted by Gasteiger charge is -2.32. The van der Waals surface area contributed by atoms with E-state index in [1.807, 2.05) is 27.7 Å². The molecular weight excluding hydrogens is 219 g/mol. The van der Waals surface area contributed by atoms with Crippen LogP contribution in [0.15, 0.2) is 12.4 Å². The zero-order valence-corrected chi connectivity index (χ0v) is 10.4. The minimum absolute atomic E-state index is 0.158. The first-order valence-electron chi connectivity index (χ1n) is 5.48. The molecule has 5 nitrogen and oxygen atoms in total. The molecule has 1 aliphatic rings. The van der Waals surface area contributed by atoms with Crippen molar-refractivity contribution in [1.82, 2.24) is 9.97 Å². The van der Waals surface area contributed by atoms with Crippen molar-refractivity contribution in [1.29, 1.82) is 0 Å². The summed E-state index contributed by atoms with van der Waals surface area (Å²) in [4.78, 5) is 18.3. The Hall–Kier alpha value is -1.27. The molecule has 2 heterocycles. The Morgan fingerprint density at radius 1 is 1.12 bits per heavy atom. The lowest BCUT2D eigenvalue weighted by atomic mass is 9.81. The van der Waals surface area contributed by atoms with Gasteiger partial charge < -0.3 is 9.31 Å². The zero-order chi connectivity index (χ0) is 12.7. The summed E-state index contributed by atoms with van der Waals surface area (Å²) >= 11 is 0. The lowest BCUT2D eigenvalue weighted by Crippen LogP contribution is -2.41. The van der Waals surface area contributed by atoms with Gasteiger partial charge in [0.1, 0.15) is 0 Å². The molecule has 0 aliphatic carbocycles. The highest BCUT2D eigenvalue weighted by molar-refractivity contribution is 6.61. The van der Waals surface area contributed by atoms with E-state index in [4.69, 9.17) is 9.31 Å². The van der Waals surface area contributed by atoms with Gasteiger partial charge >= 0.3 is 7.12 Å². The molecule has 90 valence electrons. The number of rotatable bonds is 2. The number of aldehydes is 1. The normalized spacial score (nSPS) is 21.5. The molecule has 0 radical (unpaired) electrons. The molecule has 0 aromatic carbocycles.